The summed E-state index contributed by atoms with van der Waals surface area (Å²) in [4.78, 5) is -3.56. The molecule has 0 aromatic carbocycles. The van der Waals surface area contributed by atoms with Crippen LogP contribution in [0.5, 0.6) is 0 Å². The molecule has 0 bridgehead atoms. The maximum Gasteiger partial charge on any atom is 0.401 e. The molecule has 0 N–H and O–H groups in total. The molecule has 3 aliphatic carbocycles. The zero-order valence-electron chi connectivity index (χ0n) is 15.2. The van der Waals surface area contributed by atoms with Gasteiger partial charge in [-0.2, -0.15) is 8.78 Å². The number of hydrogen-bond acceptors (Lipinski definition) is 0. The van der Waals surface area contributed by atoms with E-state index in [2.05, 4.69) is 23.2 Å². The van der Waals surface area contributed by atoms with Crippen molar-refractivity contribution >= 4 is 31.1 Å². The average Bonchev–Trinajstić information content (AvgIpc) is 2.57. The summed E-state index contributed by atoms with van der Waals surface area (Å²) >= 11 is 7.92. The van der Waals surface area contributed by atoms with Crippen molar-refractivity contribution < 1.29 is 28.3 Å². The summed E-state index contributed by atoms with van der Waals surface area (Å²) in [6.07, 6.45) is 23.6. The third-order valence-corrected chi connectivity index (χ3v) is 10.1. The van der Waals surface area contributed by atoms with Crippen LogP contribution in [0.4, 0.5) is 8.78 Å². The van der Waals surface area contributed by atoms with Crippen LogP contribution in [0.2, 0.25) is 0 Å². The Kier molecular flexibility index (Phi) is 12.6. The third kappa shape index (κ3) is 10.0. The van der Waals surface area contributed by atoms with E-state index in [1.54, 1.807) is 77.0 Å². The molecule has 0 spiro atoms. The van der Waals surface area contributed by atoms with Crippen LogP contribution in [0.3, 0.4) is 0 Å². The zero-order valence-corrected chi connectivity index (χ0v) is 19.3. The number of halogens is 4. The molecule has 150 valence electrons. The van der Waals surface area contributed by atoms with E-state index in [1.165, 1.54) is 36.2 Å². The van der Waals surface area contributed by atoms with Crippen LogP contribution in [-0.2, 0) is 19.5 Å². The number of hydrogen-bond donors (Lipinski definition) is 0. The smallest absolute Gasteiger partial charge is 0.172 e. The van der Waals surface area contributed by atoms with Gasteiger partial charge < -0.3 is 0 Å². The topological polar surface area (TPSA) is 0 Å². The van der Waals surface area contributed by atoms with Crippen LogP contribution >= 0.6 is 31.1 Å². The van der Waals surface area contributed by atoms with Gasteiger partial charge in [-0.05, 0) is 78.7 Å². The van der Waals surface area contributed by atoms with Gasteiger partial charge in [0, 0.05) is 19.5 Å². The van der Waals surface area contributed by atoms with E-state index in [4.69, 9.17) is 0 Å². The van der Waals surface area contributed by atoms with Gasteiger partial charge in [0.05, 0.1) is 0 Å². The Bertz CT molecular complexity index is 288. The molecule has 0 aromatic rings. The maximum atomic E-state index is 10.6. The molecule has 0 radical (unpaired) electrons. The van der Waals surface area contributed by atoms with Gasteiger partial charge in [-0.1, -0.05) is 65.7 Å². The zero-order chi connectivity index (χ0) is 17.4. The van der Waals surface area contributed by atoms with Crippen molar-refractivity contribution in [3.05, 3.63) is 0 Å². The van der Waals surface area contributed by atoms with Gasteiger partial charge in [0.1, 0.15) is 0 Å². The predicted octanol–water partition coefficient (Wildman–Crippen LogP) is 8.48. The fraction of sp³-hybridized carbons (Fsp3) is 1.00. The molecule has 3 saturated carbocycles. The van der Waals surface area contributed by atoms with Gasteiger partial charge >= 0.3 is 4.84 Å². The molecular formula is C19H33Cl2F2PRu. The Balaban J connectivity index is 0.000000462. The Hall–Kier alpha value is 1.49. The number of alkyl halides is 4. The Morgan fingerprint density at radius 1 is 0.560 bits per heavy atom. The summed E-state index contributed by atoms with van der Waals surface area (Å²) < 4.78 is 21.1. The van der Waals surface area contributed by atoms with Crippen LogP contribution in [0.25, 0.3) is 0 Å². The summed E-state index contributed by atoms with van der Waals surface area (Å²) in [5.74, 6) is 0. The molecular weight excluding hydrogens is 469 g/mol. The van der Waals surface area contributed by atoms with E-state index in [-0.39, 0.29) is 19.5 Å². The quantitative estimate of drug-likeness (QED) is 0.206. The first-order valence-corrected chi connectivity index (χ1v) is 12.3. The van der Waals surface area contributed by atoms with Crippen LogP contribution in [0, 0.1) is 0 Å². The first-order valence-electron chi connectivity index (χ1n) is 9.98. The second-order valence-corrected chi connectivity index (χ2v) is 12.0. The van der Waals surface area contributed by atoms with Crippen molar-refractivity contribution in [1.82, 2.24) is 0 Å². The first kappa shape index (κ1) is 24.5. The van der Waals surface area contributed by atoms with Gasteiger partial charge in [-0.3, -0.25) is 0 Å². The second kappa shape index (κ2) is 12.9. The maximum absolute atomic E-state index is 10.6. The van der Waals surface area contributed by atoms with E-state index in [0.29, 0.717) is 7.92 Å². The molecule has 0 heterocycles. The molecule has 3 rings (SSSR count). The number of rotatable bonds is 3. The summed E-state index contributed by atoms with van der Waals surface area (Å²) in [7, 11) is 0.385. The minimum absolute atomic E-state index is 0. The van der Waals surface area contributed by atoms with Crippen molar-refractivity contribution in [2.24, 2.45) is 0 Å². The van der Waals surface area contributed by atoms with Gasteiger partial charge in [-0.15, -0.1) is 0 Å². The monoisotopic (exact) mass is 502 g/mol. The first-order chi connectivity index (χ1) is 11.4. The molecule has 0 unspecified atom stereocenters. The van der Waals surface area contributed by atoms with Crippen LogP contribution in [0.1, 0.15) is 96.3 Å². The minimum Gasteiger partial charge on any atom is -0.172 e. The van der Waals surface area contributed by atoms with E-state index < -0.39 is 4.84 Å². The fourth-order valence-corrected chi connectivity index (χ4v) is 9.71. The second-order valence-electron chi connectivity index (χ2n) is 7.75. The van der Waals surface area contributed by atoms with E-state index in [9.17, 15) is 8.78 Å². The normalized spacial score (nSPS) is 24.4. The Morgan fingerprint density at radius 3 is 0.960 bits per heavy atom. The molecule has 25 heavy (non-hydrogen) atoms. The third-order valence-electron chi connectivity index (χ3n) is 5.99. The summed E-state index contributed by atoms with van der Waals surface area (Å²) in [6, 6.07) is 0. The SMILES string of the molecule is C1CCC(P(C2CCCCC2)C2CCCCC2)CC1.FC(F)(Cl)Cl.[Ru]. The summed E-state index contributed by atoms with van der Waals surface area (Å²) in [5.41, 5.74) is 3.57. The molecule has 0 aliphatic heterocycles. The van der Waals surface area contributed by atoms with Gasteiger partial charge in [-0.25, -0.2) is 0 Å². The van der Waals surface area contributed by atoms with Crippen molar-refractivity contribution in [3.8, 4) is 0 Å². The molecule has 3 fully saturated rings. The van der Waals surface area contributed by atoms with E-state index >= 15 is 0 Å². The minimum atomic E-state index is -3.56. The van der Waals surface area contributed by atoms with Crippen molar-refractivity contribution in [2.45, 2.75) is 118 Å². The van der Waals surface area contributed by atoms with Gasteiger partial charge in [0.15, 0.2) is 0 Å². The molecule has 3 aliphatic rings. The summed E-state index contributed by atoms with van der Waals surface area (Å²) in [6.45, 7) is 0. The van der Waals surface area contributed by atoms with Crippen LogP contribution in [-0.4, -0.2) is 21.8 Å². The van der Waals surface area contributed by atoms with Crippen molar-refractivity contribution in [1.29, 1.82) is 0 Å². The molecule has 0 saturated heterocycles. The molecule has 0 amide bonds. The standard InChI is InChI=1S/C18H33P.CCl2F2.Ru/c1-4-10-16(11-5-1)19(17-12-6-2-7-13-17)18-14-8-3-9-15-18;2-1(3,4)5;/h16-18H,1-15H2;;. The largest absolute Gasteiger partial charge is 0.401 e. The average molecular weight is 502 g/mol. The van der Waals surface area contributed by atoms with E-state index in [0.717, 1.165) is 0 Å². The molecule has 6 heteroatoms. The Labute approximate surface area is 177 Å². The van der Waals surface area contributed by atoms with Gasteiger partial charge in [0.25, 0.3) is 0 Å². The fourth-order valence-electron chi connectivity index (χ4n) is 5.03. The summed E-state index contributed by atoms with van der Waals surface area (Å²) in [5, 5.41) is 0. The molecule has 0 atom stereocenters. The molecule has 0 aromatic heterocycles. The van der Waals surface area contributed by atoms with E-state index in [1.807, 2.05) is 0 Å². The van der Waals surface area contributed by atoms with Gasteiger partial charge in [0.2, 0.25) is 0 Å². The van der Waals surface area contributed by atoms with Crippen LogP contribution in [0.15, 0.2) is 0 Å². The van der Waals surface area contributed by atoms with Crippen molar-refractivity contribution in [3.63, 3.8) is 0 Å². The molecule has 0 nitrogen and oxygen atoms in total. The predicted molar refractivity (Wildman–Crippen MR) is 104 cm³/mol. The van der Waals surface area contributed by atoms with Crippen LogP contribution < -0.4 is 0 Å². The van der Waals surface area contributed by atoms with Crippen molar-refractivity contribution in [2.75, 3.05) is 0 Å². The Morgan fingerprint density at radius 2 is 0.760 bits per heavy atom.